The molecule has 0 bridgehead atoms. The average molecular weight is 230 g/mol. The lowest BCUT2D eigenvalue weighted by atomic mass is 10.1. The maximum atomic E-state index is 5.69. The third-order valence-corrected chi connectivity index (χ3v) is 6.20. The van der Waals surface area contributed by atoms with E-state index in [1.54, 1.807) is 0 Å². The molecule has 0 fully saturated rings. The van der Waals surface area contributed by atoms with Gasteiger partial charge in [-0.15, -0.1) is 23.9 Å². The van der Waals surface area contributed by atoms with Crippen molar-refractivity contribution < 1.29 is 0 Å². The van der Waals surface area contributed by atoms with Gasteiger partial charge in [0.25, 0.3) is 8.07 Å². The van der Waals surface area contributed by atoms with Crippen LogP contribution in [0.15, 0.2) is 47.3 Å². The van der Waals surface area contributed by atoms with Crippen LogP contribution in [-0.2, 0) is 0 Å². The van der Waals surface area contributed by atoms with Crippen molar-refractivity contribution in [2.75, 3.05) is 0 Å². The number of fused-ring (bicyclic) bond motifs is 3. The third kappa shape index (κ3) is 1.21. The minimum Gasteiger partial charge on any atom is -0.125 e. The van der Waals surface area contributed by atoms with Crippen molar-refractivity contribution in [2.24, 2.45) is 0 Å². The predicted octanol–water partition coefficient (Wildman–Crippen LogP) is 2.91. The van der Waals surface area contributed by atoms with Crippen molar-refractivity contribution in [1.82, 2.24) is 0 Å². The minimum absolute atomic E-state index is 1.19. The van der Waals surface area contributed by atoms with Gasteiger partial charge >= 0.3 is 0 Å². The van der Waals surface area contributed by atoms with Crippen LogP contribution in [0.3, 0.4) is 0 Å². The molecule has 1 heterocycles. The highest BCUT2D eigenvalue weighted by atomic mass is 28.3. The molecule has 0 aromatic heterocycles. The van der Waals surface area contributed by atoms with E-state index >= 15 is 0 Å². The Balaban J connectivity index is 2.28. The molecular weight excluding hydrogens is 220 g/mol. The third-order valence-electron chi connectivity index (χ3n) is 3.33. The summed E-state index contributed by atoms with van der Waals surface area (Å²) in [6.07, 6.45) is 17.7. The lowest BCUT2D eigenvalue weighted by Gasteiger charge is -2.21. The first-order valence-corrected chi connectivity index (χ1v) is 7.55. The van der Waals surface area contributed by atoms with E-state index in [1.165, 1.54) is 21.9 Å². The van der Waals surface area contributed by atoms with E-state index in [-0.39, 0.29) is 0 Å². The van der Waals surface area contributed by atoms with Crippen LogP contribution in [0.25, 0.3) is 11.6 Å². The van der Waals surface area contributed by atoms with Gasteiger partial charge in [-0.25, -0.2) is 0 Å². The Morgan fingerprint density at radius 1 is 1.06 bits per heavy atom. The Morgan fingerprint density at radius 2 is 1.82 bits per heavy atom. The summed E-state index contributed by atoms with van der Waals surface area (Å²) in [6, 6.07) is 8.31. The quantitative estimate of drug-likeness (QED) is 0.475. The van der Waals surface area contributed by atoms with Gasteiger partial charge in [0.05, 0.1) is 0 Å². The van der Waals surface area contributed by atoms with Crippen LogP contribution < -0.4 is 0 Å². The molecule has 17 heavy (non-hydrogen) atoms. The van der Waals surface area contributed by atoms with Crippen LogP contribution >= 0.6 is 0 Å². The molecule has 0 amide bonds. The first-order valence-electron chi connectivity index (χ1n) is 5.48. The van der Waals surface area contributed by atoms with E-state index in [1.807, 2.05) is 23.9 Å². The highest BCUT2D eigenvalue weighted by molar-refractivity contribution is 7.06. The summed E-state index contributed by atoms with van der Waals surface area (Å²) in [5, 5.41) is 1.19. The van der Waals surface area contributed by atoms with Crippen LogP contribution in [0.4, 0.5) is 0 Å². The largest absolute Gasteiger partial charge is 0.268 e. The van der Waals surface area contributed by atoms with Crippen molar-refractivity contribution in [1.29, 1.82) is 0 Å². The van der Waals surface area contributed by atoms with E-state index in [2.05, 4.69) is 35.4 Å². The molecule has 0 radical (unpaired) electrons. The van der Waals surface area contributed by atoms with Crippen LogP contribution in [-0.4, -0.2) is 8.07 Å². The smallest absolute Gasteiger partial charge is 0.125 e. The molecule has 0 atom stereocenters. The van der Waals surface area contributed by atoms with Crippen molar-refractivity contribution in [3.8, 4) is 23.9 Å². The van der Waals surface area contributed by atoms with Crippen molar-refractivity contribution in [3.63, 3.8) is 0 Å². The molecule has 1 aliphatic carbocycles. The summed E-state index contributed by atoms with van der Waals surface area (Å²) in [4.78, 5) is 0. The lowest BCUT2D eigenvalue weighted by molar-refractivity contribution is 1.61. The fraction of sp³-hybridized carbons (Fsp3) is 0. The summed E-state index contributed by atoms with van der Waals surface area (Å²) < 4.78 is 0. The molecule has 1 aromatic rings. The zero-order valence-electron chi connectivity index (χ0n) is 9.27. The fourth-order valence-corrected chi connectivity index (χ4v) is 4.60. The van der Waals surface area contributed by atoms with Gasteiger partial charge in [0.1, 0.15) is 0 Å². The zero-order valence-corrected chi connectivity index (χ0v) is 10.3. The number of benzene rings is 1. The minimum atomic E-state index is -2.29. The number of allylic oxidation sites excluding steroid dienone is 4. The molecule has 0 N–H and O–H groups in total. The SMILES string of the molecule is C#C[Si]1(C#C)C=CC=C2C1=Cc1ccccc12. The highest BCUT2D eigenvalue weighted by Gasteiger charge is 2.38. The molecule has 0 saturated heterocycles. The second-order valence-corrected chi connectivity index (χ2v) is 7.25. The van der Waals surface area contributed by atoms with Crippen molar-refractivity contribution in [3.05, 3.63) is 58.4 Å². The summed E-state index contributed by atoms with van der Waals surface area (Å²) in [6.45, 7) is 0. The van der Waals surface area contributed by atoms with Crippen molar-refractivity contribution in [2.45, 2.75) is 0 Å². The highest BCUT2D eigenvalue weighted by Crippen LogP contribution is 2.41. The van der Waals surface area contributed by atoms with E-state index in [4.69, 9.17) is 12.8 Å². The van der Waals surface area contributed by atoms with E-state index < -0.39 is 8.07 Å². The molecule has 0 nitrogen and oxygen atoms in total. The maximum Gasteiger partial charge on any atom is 0.268 e. The standard InChI is InChI=1S/C16H10Si/c1-3-17(4-2)11-7-10-15-14-9-6-5-8-13(14)12-16(15)17/h1-2,5-12H. The Bertz CT molecular complexity index is 658. The van der Waals surface area contributed by atoms with Gasteiger partial charge in [-0.2, -0.15) is 0 Å². The molecule has 0 saturated carbocycles. The summed E-state index contributed by atoms with van der Waals surface area (Å²) >= 11 is 0. The number of hydrogen-bond acceptors (Lipinski definition) is 0. The second-order valence-electron chi connectivity index (χ2n) is 4.18. The topological polar surface area (TPSA) is 0 Å². The van der Waals surface area contributed by atoms with Gasteiger partial charge in [0.2, 0.25) is 0 Å². The molecule has 0 spiro atoms. The molecule has 1 aliphatic heterocycles. The van der Waals surface area contributed by atoms with Crippen LogP contribution in [0.5, 0.6) is 0 Å². The average Bonchev–Trinajstić information content (AvgIpc) is 2.77. The number of terminal acetylenes is 2. The van der Waals surface area contributed by atoms with Gasteiger partial charge in [-0.1, -0.05) is 48.2 Å². The van der Waals surface area contributed by atoms with Gasteiger partial charge in [-0.3, -0.25) is 0 Å². The molecule has 1 aromatic carbocycles. The Kier molecular flexibility index (Phi) is 1.98. The molecule has 78 valence electrons. The fourth-order valence-electron chi connectivity index (χ4n) is 2.42. The summed E-state index contributed by atoms with van der Waals surface area (Å²) in [7, 11) is -2.29. The molecule has 2 aliphatic rings. The van der Waals surface area contributed by atoms with Crippen LogP contribution in [0.2, 0.25) is 0 Å². The van der Waals surface area contributed by atoms with E-state index in [9.17, 15) is 0 Å². The van der Waals surface area contributed by atoms with Gasteiger partial charge in [0.15, 0.2) is 0 Å². The number of hydrogen-bond donors (Lipinski definition) is 0. The van der Waals surface area contributed by atoms with Gasteiger partial charge < -0.3 is 0 Å². The zero-order chi connectivity index (χ0) is 11.9. The normalized spacial score (nSPS) is 18.2. The molecule has 0 unspecified atom stereocenters. The first-order chi connectivity index (χ1) is 8.30. The Hall–Kier alpha value is -2.22. The van der Waals surface area contributed by atoms with E-state index in [0.29, 0.717) is 0 Å². The number of rotatable bonds is 0. The predicted molar refractivity (Wildman–Crippen MR) is 75.0 cm³/mol. The monoisotopic (exact) mass is 230 g/mol. The molecule has 1 heteroatoms. The summed E-state index contributed by atoms with van der Waals surface area (Å²) in [5.41, 5.74) is 11.5. The van der Waals surface area contributed by atoms with Crippen LogP contribution in [0.1, 0.15) is 11.1 Å². The first kappa shape index (κ1) is 9.96. The summed E-state index contributed by atoms with van der Waals surface area (Å²) in [5.74, 6) is 0. The van der Waals surface area contributed by atoms with Gasteiger partial charge in [-0.05, 0) is 21.9 Å². The Morgan fingerprint density at radius 3 is 2.59 bits per heavy atom. The molecule has 3 rings (SSSR count). The lowest BCUT2D eigenvalue weighted by Crippen LogP contribution is -2.33. The maximum absolute atomic E-state index is 5.69. The van der Waals surface area contributed by atoms with Gasteiger partial charge in [0, 0.05) is 0 Å². The van der Waals surface area contributed by atoms with Crippen molar-refractivity contribution >= 4 is 19.7 Å². The molecular formula is C16H10Si. The Labute approximate surface area is 102 Å². The van der Waals surface area contributed by atoms with Crippen LogP contribution in [0, 0.1) is 23.9 Å². The van der Waals surface area contributed by atoms with E-state index in [0.717, 1.165) is 0 Å². The second kappa shape index (κ2) is 3.38.